The lowest BCUT2D eigenvalue weighted by molar-refractivity contribution is 0.632. The summed E-state index contributed by atoms with van der Waals surface area (Å²) < 4.78 is 13.7. The van der Waals surface area contributed by atoms with E-state index in [1.807, 2.05) is 6.92 Å². The number of rotatable bonds is 4. The van der Waals surface area contributed by atoms with E-state index in [0.717, 1.165) is 0 Å². The topological polar surface area (TPSA) is 49.8 Å². The van der Waals surface area contributed by atoms with Crippen molar-refractivity contribution in [1.82, 2.24) is 9.97 Å². The molecule has 2 rings (SSSR count). The molecule has 19 heavy (non-hydrogen) atoms. The molecule has 1 aromatic heterocycles. The fraction of sp³-hybridized carbons (Fsp3) is 0.167. The minimum Gasteiger partial charge on any atom is -0.354 e. The molecule has 0 unspecified atom stereocenters. The molecular formula is C12H11Cl2FN4. The summed E-state index contributed by atoms with van der Waals surface area (Å²) in [5.74, 6) is 0.268. The van der Waals surface area contributed by atoms with Gasteiger partial charge in [0, 0.05) is 11.6 Å². The van der Waals surface area contributed by atoms with E-state index in [-0.39, 0.29) is 5.69 Å². The van der Waals surface area contributed by atoms with Gasteiger partial charge in [-0.25, -0.2) is 9.37 Å². The predicted molar refractivity (Wildman–Crippen MR) is 75.9 cm³/mol. The molecule has 0 amide bonds. The predicted octanol–water partition coefficient (Wildman–Crippen LogP) is 4.10. The van der Waals surface area contributed by atoms with Gasteiger partial charge >= 0.3 is 0 Å². The fourth-order valence-electron chi connectivity index (χ4n) is 1.42. The average molecular weight is 301 g/mol. The van der Waals surface area contributed by atoms with Crippen molar-refractivity contribution in [3.8, 4) is 0 Å². The summed E-state index contributed by atoms with van der Waals surface area (Å²) in [5.41, 5.74) is 0.243. The molecule has 1 aromatic carbocycles. The number of nitrogens with zero attached hydrogens (tertiary/aromatic N) is 2. The van der Waals surface area contributed by atoms with Gasteiger partial charge in [0.25, 0.3) is 0 Å². The summed E-state index contributed by atoms with van der Waals surface area (Å²) in [5, 5.41) is 6.38. The number of halogens is 3. The molecule has 0 bridgehead atoms. The fourth-order valence-corrected chi connectivity index (χ4v) is 1.71. The van der Waals surface area contributed by atoms with Gasteiger partial charge in [-0.15, -0.1) is 0 Å². The third-order valence-corrected chi connectivity index (χ3v) is 2.77. The standard InChI is InChI=1S/C12H11Cl2FN4/c1-2-16-12-17-6-8(14)11(19-12)18-10-4-3-7(13)5-9(10)15/h3-6H,2H2,1H3,(H2,16,17,18,19). The van der Waals surface area contributed by atoms with Gasteiger partial charge in [-0.2, -0.15) is 4.98 Å². The molecule has 0 aliphatic rings. The Morgan fingerprint density at radius 3 is 2.79 bits per heavy atom. The first-order chi connectivity index (χ1) is 9.10. The van der Waals surface area contributed by atoms with E-state index in [4.69, 9.17) is 23.2 Å². The van der Waals surface area contributed by atoms with Gasteiger partial charge in [-0.1, -0.05) is 23.2 Å². The van der Waals surface area contributed by atoms with Crippen molar-refractivity contribution in [1.29, 1.82) is 0 Å². The number of aromatic nitrogens is 2. The molecule has 0 spiro atoms. The van der Waals surface area contributed by atoms with Gasteiger partial charge in [0.05, 0.1) is 11.9 Å². The van der Waals surface area contributed by atoms with Gasteiger partial charge in [0.2, 0.25) is 5.95 Å². The molecular weight excluding hydrogens is 290 g/mol. The summed E-state index contributed by atoms with van der Waals surface area (Å²) in [7, 11) is 0. The van der Waals surface area contributed by atoms with E-state index in [0.29, 0.717) is 28.4 Å². The number of hydrogen-bond donors (Lipinski definition) is 2. The molecule has 0 aliphatic carbocycles. The zero-order chi connectivity index (χ0) is 13.8. The molecule has 4 nitrogen and oxygen atoms in total. The van der Waals surface area contributed by atoms with Gasteiger partial charge < -0.3 is 10.6 Å². The summed E-state index contributed by atoms with van der Waals surface area (Å²) in [6, 6.07) is 4.31. The Balaban J connectivity index is 2.29. The maximum Gasteiger partial charge on any atom is 0.224 e. The van der Waals surface area contributed by atoms with Gasteiger partial charge in [0.1, 0.15) is 10.8 Å². The second-order valence-corrected chi connectivity index (χ2v) is 4.51. The van der Waals surface area contributed by atoms with Crippen LogP contribution in [-0.2, 0) is 0 Å². The highest BCUT2D eigenvalue weighted by molar-refractivity contribution is 6.33. The van der Waals surface area contributed by atoms with Crippen molar-refractivity contribution in [3.05, 3.63) is 40.3 Å². The second-order valence-electron chi connectivity index (χ2n) is 3.67. The van der Waals surface area contributed by atoms with Crippen LogP contribution in [0.5, 0.6) is 0 Å². The summed E-state index contributed by atoms with van der Waals surface area (Å²) >= 11 is 11.7. The Kier molecular flexibility index (Phi) is 4.39. The zero-order valence-electron chi connectivity index (χ0n) is 10.0. The molecule has 0 saturated heterocycles. The highest BCUT2D eigenvalue weighted by Crippen LogP contribution is 2.26. The molecule has 100 valence electrons. The van der Waals surface area contributed by atoms with E-state index >= 15 is 0 Å². The van der Waals surface area contributed by atoms with Gasteiger partial charge in [0.15, 0.2) is 5.82 Å². The van der Waals surface area contributed by atoms with E-state index in [9.17, 15) is 4.39 Å². The quantitative estimate of drug-likeness (QED) is 0.892. The second kappa shape index (κ2) is 6.04. The zero-order valence-corrected chi connectivity index (χ0v) is 11.6. The van der Waals surface area contributed by atoms with Crippen molar-refractivity contribution in [2.24, 2.45) is 0 Å². The van der Waals surface area contributed by atoms with Crippen LogP contribution in [-0.4, -0.2) is 16.5 Å². The lowest BCUT2D eigenvalue weighted by Gasteiger charge is -2.10. The minimum absolute atomic E-state index is 0.243. The van der Waals surface area contributed by atoms with Crippen LogP contribution in [0.1, 0.15) is 6.92 Å². The SMILES string of the molecule is CCNc1ncc(Cl)c(Nc2ccc(Cl)cc2F)n1. The lowest BCUT2D eigenvalue weighted by atomic mass is 10.3. The number of anilines is 3. The van der Waals surface area contributed by atoms with E-state index in [1.54, 1.807) is 6.07 Å². The number of hydrogen-bond acceptors (Lipinski definition) is 4. The highest BCUT2D eigenvalue weighted by atomic mass is 35.5. The molecule has 2 aromatic rings. The first-order valence-corrected chi connectivity index (χ1v) is 6.34. The normalized spacial score (nSPS) is 10.3. The summed E-state index contributed by atoms with van der Waals surface area (Å²) in [6.45, 7) is 2.60. The van der Waals surface area contributed by atoms with E-state index in [1.165, 1.54) is 18.3 Å². The first kappa shape index (κ1) is 13.8. The van der Waals surface area contributed by atoms with Crippen LogP contribution in [0.3, 0.4) is 0 Å². The Labute approximate surface area is 120 Å². The molecule has 0 atom stereocenters. The number of nitrogens with one attached hydrogen (secondary N) is 2. The Bertz CT molecular complexity index is 592. The maximum atomic E-state index is 13.7. The van der Waals surface area contributed by atoms with Crippen LogP contribution in [0.4, 0.5) is 21.8 Å². The molecule has 0 aliphatic heterocycles. The lowest BCUT2D eigenvalue weighted by Crippen LogP contribution is -2.05. The maximum absolute atomic E-state index is 13.7. The van der Waals surface area contributed by atoms with Crippen LogP contribution in [0.15, 0.2) is 24.4 Å². The largest absolute Gasteiger partial charge is 0.354 e. The molecule has 0 fully saturated rings. The van der Waals surface area contributed by atoms with Crippen LogP contribution in [0, 0.1) is 5.82 Å². The Hall–Kier alpha value is -1.59. The molecule has 2 N–H and O–H groups in total. The molecule has 7 heteroatoms. The minimum atomic E-state index is -0.479. The van der Waals surface area contributed by atoms with Crippen molar-refractivity contribution in [2.45, 2.75) is 6.92 Å². The van der Waals surface area contributed by atoms with Crippen LogP contribution >= 0.6 is 23.2 Å². The Morgan fingerprint density at radius 1 is 1.32 bits per heavy atom. The number of benzene rings is 1. The average Bonchev–Trinajstić information content (AvgIpc) is 2.37. The molecule has 1 heterocycles. The van der Waals surface area contributed by atoms with Crippen LogP contribution < -0.4 is 10.6 Å². The highest BCUT2D eigenvalue weighted by Gasteiger charge is 2.08. The summed E-state index contributed by atoms with van der Waals surface area (Å²) in [4.78, 5) is 8.15. The third-order valence-electron chi connectivity index (χ3n) is 2.26. The van der Waals surface area contributed by atoms with Crippen molar-refractivity contribution >= 4 is 40.7 Å². The molecule has 0 saturated carbocycles. The third kappa shape index (κ3) is 3.45. The van der Waals surface area contributed by atoms with Crippen molar-refractivity contribution in [3.63, 3.8) is 0 Å². The van der Waals surface area contributed by atoms with Gasteiger partial charge in [-0.3, -0.25) is 0 Å². The van der Waals surface area contributed by atoms with E-state index in [2.05, 4.69) is 20.6 Å². The van der Waals surface area contributed by atoms with E-state index < -0.39 is 5.82 Å². The van der Waals surface area contributed by atoms with Gasteiger partial charge in [-0.05, 0) is 25.1 Å². The summed E-state index contributed by atoms with van der Waals surface area (Å²) in [6.07, 6.45) is 1.45. The monoisotopic (exact) mass is 300 g/mol. The van der Waals surface area contributed by atoms with Crippen molar-refractivity contribution < 1.29 is 4.39 Å². The van der Waals surface area contributed by atoms with Crippen molar-refractivity contribution in [2.75, 3.05) is 17.2 Å². The Morgan fingerprint density at radius 2 is 2.11 bits per heavy atom. The molecule has 0 radical (unpaired) electrons. The smallest absolute Gasteiger partial charge is 0.224 e. The first-order valence-electron chi connectivity index (χ1n) is 5.58. The van der Waals surface area contributed by atoms with Crippen LogP contribution in [0.2, 0.25) is 10.0 Å². The van der Waals surface area contributed by atoms with Crippen LogP contribution in [0.25, 0.3) is 0 Å².